The molecule has 2 atom stereocenters. The molecule has 0 aromatic rings. The van der Waals surface area contributed by atoms with Crippen molar-refractivity contribution in [1.82, 2.24) is 0 Å². The second-order valence-electron chi connectivity index (χ2n) is 1.88. The first-order valence-electron chi connectivity index (χ1n) is 2.73. The Balaban J connectivity index is 3.61. The minimum absolute atomic E-state index is 0.686. The maximum atomic E-state index is 11.5. The molecule has 4 nitrogen and oxygen atoms in total. The van der Waals surface area contributed by atoms with Crippen LogP contribution in [0.2, 0.25) is 0 Å². The normalized spacial score (nSPS) is 16.4. The Morgan fingerprint density at radius 1 is 1.40 bits per heavy atom. The summed E-state index contributed by atoms with van der Waals surface area (Å²) in [4.78, 5) is 9.66. The molecule has 0 bridgehead atoms. The maximum Gasteiger partial charge on any atom is 0.304 e. The van der Waals surface area contributed by atoms with Crippen molar-refractivity contribution in [3.05, 3.63) is 0 Å². The van der Waals surface area contributed by atoms with Gasteiger partial charge in [-0.3, -0.25) is 4.79 Å². The average Bonchev–Trinajstić information content (AvgIpc) is 1.85. The van der Waals surface area contributed by atoms with Gasteiger partial charge in [-0.2, -0.15) is 4.39 Å². The molecule has 5 heteroatoms. The van der Waals surface area contributed by atoms with Gasteiger partial charge < -0.3 is 15.3 Å². The van der Waals surface area contributed by atoms with Crippen LogP contribution < -0.4 is 0 Å². The fraction of sp³-hybridized carbons (Fsp3) is 0.800. The molecule has 0 rings (SSSR count). The monoisotopic (exact) mass is 152 g/mol. The van der Waals surface area contributed by atoms with Gasteiger partial charge in [-0.05, 0) is 0 Å². The van der Waals surface area contributed by atoms with Gasteiger partial charge in [0.15, 0.2) is 0 Å². The van der Waals surface area contributed by atoms with Crippen LogP contribution in [0.1, 0.15) is 6.42 Å². The van der Waals surface area contributed by atoms with Crippen molar-refractivity contribution in [2.45, 2.75) is 18.6 Å². The first kappa shape index (κ1) is 9.48. The van der Waals surface area contributed by atoms with E-state index >= 15 is 0 Å². The number of hydrogen-bond acceptors (Lipinski definition) is 4. The van der Waals surface area contributed by atoms with Gasteiger partial charge >= 0.3 is 6.04 Å². The highest BCUT2D eigenvalue weighted by molar-refractivity contribution is 5.68. The van der Waals surface area contributed by atoms with Gasteiger partial charge in [0.2, 0.25) is 0 Å². The number of carbonyl (C=O) groups is 1. The van der Waals surface area contributed by atoms with Crippen LogP contribution in [0.4, 0.5) is 4.39 Å². The van der Waals surface area contributed by atoms with E-state index in [1.54, 1.807) is 0 Å². The number of rotatable bonds is 4. The van der Waals surface area contributed by atoms with E-state index in [1.165, 1.54) is 0 Å². The summed E-state index contributed by atoms with van der Waals surface area (Å²) in [5.74, 6) is 0. The van der Waals surface area contributed by atoms with E-state index in [-0.39, 0.29) is 0 Å². The molecular formula is C5H9FO4. The van der Waals surface area contributed by atoms with Crippen LogP contribution in [-0.4, -0.2) is 40.2 Å². The van der Waals surface area contributed by atoms with Crippen LogP contribution in [0.5, 0.6) is 0 Å². The first-order chi connectivity index (χ1) is 4.57. The van der Waals surface area contributed by atoms with Crippen molar-refractivity contribution >= 4 is 6.04 Å². The number of aliphatic hydroxyl groups excluding tert-OH is 3. The molecule has 0 radical (unpaired) electrons. The van der Waals surface area contributed by atoms with Crippen LogP contribution in [0, 0.1) is 0 Å². The molecule has 0 fully saturated rings. The third-order valence-electron chi connectivity index (χ3n) is 1.00. The summed E-state index contributed by atoms with van der Waals surface area (Å²) in [6.07, 6.45) is -3.73. The van der Waals surface area contributed by atoms with E-state index in [2.05, 4.69) is 0 Å². The Labute approximate surface area is 56.9 Å². The molecule has 0 aliphatic rings. The fourth-order valence-corrected chi connectivity index (χ4v) is 0.422. The molecule has 0 saturated heterocycles. The minimum atomic E-state index is -1.71. The van der Waals surface area contributed by atoms with Crippen molar-refractivity contribution in [3.63, 3.8) is 0 Å². The Kier molecular flexibility index (Phi) is 4.10. The Morgan fingerprint density at radius 3 is 2.20 bits per heavy atom. The Morgan fingerprint density at radius 2 is 1.90 bits per heavy atom. The Bertz CT molecular complexity index is 116. The molecule has 0 amide bonds. The third kappa shape index (κ3) is 3.49. The van der Waals surface area contributed by atoms with Gasteiger partial charge in [-0.25, -0.2) is 0 Å². The molecule has 0 aromatic heterocycles. The Hall–Kier alpha value is -0.520. The standard InChI is InChI=1S/C5H9FO4/c6-5(10)1-3(8)4(9)2-7/h3-4,7-9H,1-2H2/t3-,4+/m0/s1. The molecule has 0 aromatic carbocycles. The second kappa shape index (κ2) is 4.32. The highest BCUT2D eigenvalue weighted by Gasteiger charge is 2.18. The molecular weight excluding hydrogens is 143 g/mol. The van der Waals surface area contributed by atoms with E-state index in [4.69, 9.17) is 15.3 Å². The summed E-state index contributed by atoms with van der Waals surface area (Å²) in [7, 11) is 0. The van der Waals surface area contributed by atoms with Gasteiger partial charge in [0.1, 0.15) is 6.10 Å². The van der Waals surface area contributed by atoms with Crippen molar-refractivity contribution in [1.29, 1.82) is 0 Å². The smallest absolute Gasteiger partial charge is 0.304 e. The number of halogens is 1. The van der Waals surface area contributed by atoms with Crippen molar-refractivity contribution < 1.29 is 24.5 Å². The summed E-state index contributed by atoms with van der Waals surface area (Å²) in [5, 5.41) is 25.3. The predicted molar refractivity (Wildman–Crippen MR) is 29.8 cm³/mol. The van der Waals surface area contributed by atoms with Gasteiger partial charge in [0, 0.05) is 0 Å². The fourth-order valence-electron chi connectivity index (χ4n) is 0.422. The SMILES string of the molecule is O=C(F)C[C@H](O)[C@H](O)CO. The summed E-state index contributed by atoms with van der Waals surface area (Å²) in [6.45, 7) is -0.686. The lowest BCUT2D eigenvalue weighted by molar-refractivity contribution is -0.133. The van der Waals surface area contributed by atoms with Gasteiger partial charge in [0.25, 0.3) is 0 Å². The molecule has 0 saturated carbocycles. The van der Waals surface area contributed by atoms with Crippen LogP contribution >= 0.6 is 0 Å². The van der Waals surface area contributed by atoms with E-state index in [0.29, 0.717) is 0 Å². The lowest BCUT2D eigenvalue weighted by Gasteiger charge is -2.11. The molecule has 0 aliphatic carbocycles. The van der Waals surface area contributed by atoms with Gasteiger partial charge in [-0.15, -0.1) is 0 Å². The highest BCUT2D eigenvalue weighted by Crippen LogP contribution is 1.99. The van der Waals surface area contributed by atoms with Gasteiger partial charge in [0.05, 0.1) is 19.1 Å². The number of hydrogen-bond donors (Lipinski definition) is 3. The van der Waals surface area contributed by atoms with E-state index in [9.17, 15) is 9.18 Å². The highest BCUT2D eigenvalue weighted by atomic mass is 19.1. The van der Waals surface area contributed by atoms with E-state index in [1.807, 2.05) is 0 Å². The van der Waals surface area contributed by atoms with Crippen molar-refractivity contribution in [3.8, 4) is 0 Å². The summed E-state index contributed by atoms with van der Waals surface area (Å²) >= 11 is 0. The van der Waals surface area contributed by atoms with Crippen molar-refractivity contribution in [2.75, 3.05) is 6.61 Å². The number of aliphatic hydroxyl groups is 3. The van der Waals surface area contributed by atoms with Crippen molar-refractivity contribution in [2.24, 2.45) is 0 Å². The zero-order valence-corrected chi connectivity index (χ0v) is 5.20. The zero-order valence-electron chi connectivity index (χ0n) is 5.20. The largest absolute Gasteiger partial charge is 0.394 e. The molecule has 3 N–H and O–H groups in total. The van der Waals surface area contributed by atoms with E-state index < -0.39 is 31.3 Å². The summed E-state index contributed by atoms with van der Waals surface area (Å²) in [5.41, 5.74) is 0. The van der Waals surface area contributed by atoms with Crippen LogP contribution in [0.3, 0.4) is 0 Å². The topological polar surface area (TPSA) is 77.8 Å². The molecule has 0 unspecified atom stereocenters. The second-order valence-corrected chi connectivity index (χ2v) is 1.88. The maximum absolute atomic E-state index is 11.5. The average molecular weight is 152 g/mol. The summed E-state index contributed by atoms with van der Waals surface area (Å²) < 4.78 is 11.5. The minimum Gasteiger partial charge on any atom is -0.394 e. The molecule has 10 heavy (non-hydrogen) atoms. The van der Waals surface area contributed by atoms with Crippen LogP contribution in [-0.2, 0) is 4.79 Å². The van der Waals surface area contributed by atoms with Gasteiger partial charge in [-0.1, -0.05) is 0 Å². The molecule has 0 aliphatic heterocycles. The van der Waals surface area contributed by atoms with Crippen LogP contribution in [0.15, 0.2) is 0 Å². The predicted octanol–water partition coefficient (Wildman–Crippen LogP) is -1.41. The lowest BCUT2D eigenvalue weighted by Crippen LogP contribution is -2.30. The third-order valence-corrected chi connectivity index (χ3v) is 1.00. The van der Waals surface area contributed by atoms with E-state index in [0.717, 1.165) is 0 Å². The quantitative estimate of drug-likeness (QED) is 0.432. The molecule has 0 spiro atoms. The molecule has 60 valence electrons. The number of carbonyl (C=O) groups excluding carboxylic acids is 1. The summed E-state index contributed by atoms with van der Waals surface area (Å²) in [6, 6.07) is -1.71. The first-order valence-corrected chi connectivity index (χ1v) is 2.73. The van der Waals surface area contributed by atoms with Crippen LogP contribution in [0.25, 0.3) is 0 Å². The molecule has 0 heterocycles. The lowest BCUT2D eigenvalue weighted by atomic mass is 10.1. The zero-order chi connectivity index (χ0) is 8.15.